The minimum absolute atomic E-state index is 0.409. The van der Waals surface area contributed by atoms with Crippen molar-refractivity contribution in [2.24, 2.45) is 5.73 Å². The predicted molar refractivity (Wildman–Crippen MR) is 88.9 cm³/mol. The molecule has 0 fully saturated rings. The Kier molecular flexibility index (Phi) is 2.73. The van der Waals surface area contributed by atoms with Gasteiger partial charge in [0.1, 0.15) is 0 Å². The molecule has 1 amide bonds. The van der Waals surface area contributed by atoms with E-state index in [4.69, 9.17) is 5.73 Å². The van der Waals surface area contributed by atoms with Crippen molar-refractivity contribution in [2.45, 2.75) is 0 Å². The Bertz CT molecular complexity index is 1000. The lowest BCUT2D eigenvalue weighted by molar-refractivity contribution is 0.100. The SMILES string of the molecule is NC(=O)c1cc2ccccc2n2c(-c3ccccc3)ccc12. The third-order valence-electron chi connectivity index (χ3n) is 3.97. The fourth-order valence-electron chi connectivity index (χ4n) is 2.98. The largest absolute Gasteiger partial charge is 0.366 e. The Morgan fingerprint density at radius 3 is 2.32 bits per heavy atom. The topological polar surface area (TPSA) is 47.5 Å². The molecule has 22 heavy (non-hydrogen) atoms. The molecule has 0 spiro atoms. The van der Waals surface area contributed by atoms with Gasteiger partial charge in [-0.3, -0.25) is 4.79 Å². The Morgan fingerprint density at radius 1 is 0.818 bits per heavy atom. The lowest BCUT2D eigenvalue weighted by Gasteiger charge is -2.10. The van der Waals surface area contributed by atoms with Crippen molar-refractivity contribution in [1.29, 1.82) is 0 Å². The second-order valence-corrected chi connectivity index (χ2v) is 5.29. The third kappa shape index (κ3) is 1.79. The van der Waals surface area contributed by atoms with Crippen LogP contribution in [-0.2, 0) is 0 Å². The maximum Gasteiger partial charge on any atom is 0.250 e. The molecule has 3 nitrogen and oxygen atoms in total. The molecular formula is C19H14N2O. The first-order valence-corrected chi connectivity index (χ1v) is 7.14. The number of benzene rings is 2. The number of hydrogen-bond acceptors (Lipinski definition) is 1. The highest BCUT2D eigenvalue weighted by Gasteiger charge is 2.14. The summed E-state index contributed by atoms with van der Waals surface area (Å²) < 4.78 is 2.10. The number of fused-ring (bicyclic) bond motifs is 3. The van der Waals surface area contributed by atoms with Crippen molar-refractivity contribution in [1.82, 2.24) is 4.40 Å². The van der Waals surface area contributed by atoms with Crippen LogP contribution in [0.15, 0.2) is 72.8 Å². The van der Waals surface area contributed by atoms with Crippen molar-refractivity contribution < 1.29 is 4.79 Å². The third-order valence-corrected chi connectivity index (χ3v) is 3.97. The number of aromatic nitrogens is 1. The molecule has 0 radical (unpaired) electrons. The first-order valence-electron chi connectivity index (χ1n) is 7.14. The average Bonchev–Trinajstić information content (AvgIpc) is 3.00. The fourth-order valence-corrected chi connectivity index (χ4v) is 2.98. The van der Waals surface area contributed by atoms with E-state index in [1.165, 1.54) is 0 Å². The molecule has 0 aliphatic heterocycles. The number of primary amides is 1. The maximum absolute atomic E-state index is 11.8. The number of carbonyl (C=O) groups is 1. The second kappa shape index (κ2) is 4.74. The average molecular weight is 286 g/mol. The molecular weight excluding hydrogens is 272 g/mol. The lowest BCUT2D eigenvalue weighted by atomic mass is 10.1. The summed E-state index contributed by atoms with van der Waals surface area (Å²) in [5.74, 6) is -0.409. The number of carbonyl (C=O) groups excluding carboxylic acids is 1. The molecule has 0 saturated heterocycles. The minimum atomic E-state index is -0.409. The van der Waals surface area contributed by atoms with Gasteiger partial charge in [-0.1, -0.05) is 48.5 Å². The number of pyridine rings is 1. The van der Waals surface area contributed by atoms with Gasteiger partial charge in [0.05, 0.1) is 22.3 Å². The molecule has 2 aromatic heterocycles. The van der Waals surface area contributed by atoms with Gasteiger partial charge in [-0.15, -0.1) is 0 Å². The molecule has 0 bridgehead atoms. The minimum Gasteiger partial charge on any atom is -0.366 e. The number of rotatable bonds is 2. The van der Waals surface area contributed by atoms with E-state index in [1.807, 2.05) is 54.6 Å². The Balaban J connectivity index is 2.19. The van der Waals surface area contributed by atoms with Crippen LogP contribution in [0.1, 0.15) is 10.4 Å². The van der Waals surface area contributed by atoms with E-state index in [9.17, 15) is 4.79 Å². The second-order valence-electron chi connectivity index (χ2n) is 5.29. The quantitative estimate of drug-likeness (QED) is 0.597. The molecule has 4 rings (SSSR count). The van der Waals surface area contributed by atoms with E-state index >= 15 is 0 Å². The van der Waals surface area contributed by atoms with E-state index in [2.05, 4.69) is 22.6 Å². The molecule has 2 heterocycles. The number of hydrogen-bond donors (Lipinski definition) is 1. The summed E-state index contributed by atoms with van der Waals surface area (Å²) in [6.45, 7) is 0. The molecule has 0 aliphatic rings. The van der Waals surface area contributed by atoms with Gasteiger partial charge in [0.2, 0.25) is 0 Å². The van der Waals surface area contributed by atoms with Crippen molar-refractivity contribution in [2.75, 3.05) is 0 Å². The monoisotopic (exact) mass is 286 g/mol. The normalized spacial score (nSPS) is 11.1. The molecule has 0 saturated carbocycles. The van der Waals surface area contributed by atoms with Gasteiger partial charge < -0.3 is 10.1 Å². The molecule has 0 unspecified atom stereocenters. The van der Waals surface area contributed by atoms with Crippen LogP contribution in [0.25, 0.3) is 27.7 Å². The van der Waals surface area contributed by atoms with Gasteiger partial charge in [-0.25, -0.2) is 0 Å². The summed E-state index contributed by atoms with van der Waals surface area (Å²) in [6.07, 6.45) is 0. The molecule has 0 atom stereocenters. The molecule has 2 N–H and O–H groups in total. The Labute approximate surface area is 127 Å². The van der Waals surface area contributed by atoms with E-state index in [1.54, 1.807) is 0 Å². The van der Waals surface area contributed by atoms with Crippen LogP contribution in [0, 0.1) is 0 Å². The Morgan fingerprint density at radius 2 is 1.55 bits per heavy atom. The van der Waals surface area contributed by atoms with Crippen LogP contribution >= 0.6 is 0 Å². The molecule has 2 aromatic carbocycles. The van der Waals surface area contributed by atoms with Crippen molar-refractivity contribution in [3.8, 4) is 11.3 Å². The first kappa shape index (κ1) is 12.7. The lowest BCUT2D eigenvalue weighted by Crippen LogP contribution is -2.12. The summed E-state index contributed by atoms with van der Waals surface area (Å²) in [6, 6.07) is 24.0. The van der Waals surface area contributed by atoms with Gasteiger partial charge >= 0.3 is 0 Å². The van der Waals surface area contributed by atoms with Gasteiger partial charge in [-0.05, 0) is 35.2 Å². The van der Waals surface area contributed by atoms with Gasteiger partial charge in [0, 0.05) is 0 Å². The zero-order chi connectivity index (χ0) is 15.1. The van der Waals surface area contributed by atoms with Crippen LogP contribution < -0.4 is 5.73 Å². The summed E-state index contributed by atoms with van der Waals surface area (Å²) in [5.41, 5.74) is 10.2. The summed E-state index contributed by atoms with van der Waals surface area (Å²) in [5, 5.41) is 0.997. The Hall–Kier alpha value is -3.07. The van der Waals surface area contributed by atoms with Crippen LogP contribution in [0.3, 0.4) is 0 Å². The number of para-hydroxylation sites is 1. The van der Waals surface area contributed by atoms with Crippen molar-refractivity contribution in [3.63, 3.8) is 0 Å². The van der Waals surface area contributed by atoms with E-state index < -0.39 is 5.91 Å². The first-order chi connectivity index (χ1) is 10.8. The highest BCUT2D eigenvalue weighted by molar-refractivity contribution is 6.04. The molecule has 0 aliphatic carbocycles. The predicted octanol–water partition coefficient (Wildman–Crippen LogP) is 3.86. The fraction of sp³-hybridized carbons (Fsp3) is 0. The molecule has 4 aromatic rings. The molecule has 3 heteroatoms. The van der Waals surface area contributed by atoms with Crippen molar-refractivity contribution in [3.05, 3.63) is 78.4 Å². The van der Waals surface area contributed by atoms with E-state index in [-0.39, 0.29) is 0 Å². The zero-order valence-electron chi connectivity index (χ0n) is 11.9. The maximum atomic E-state index is 11.8. The van der Waals surface area contributed by atoms with Gasteiger partial charge in [0.25, 0.3) is 5.91 Å². The van der Waals surface area contributed by atoms with Crippen LogP contribution in [0.4, 0.5) is 0 Å². The van der Waals surface area contributed by atoms with Crippen LogP contribution in [0.5, 0.6) is 0 Å². The van der Waals surface area contributed by atoms with Crippen LogP contribution in [0.2, 0.25) is 0 Å². The number of nitrogens with two attached hydrogens (primary N) is 1. The summed E-state index contributed by atoms with van der Waals surface area (Å²) in [4.78, 5) is 11.8. The van der Waals surface area contributed by atoms with Gasteiger partial charge in [0.15, 0.2) is 0 Å². The number of amides is 1. The summed E-state index contributed by atoms with van der Waals surface area (Å²) in [7, 11) is 0. The highest BCUT2D eigenvalue weighted by Crippen LogP contribution is 2.29. The van der Waals surface area contributed by atoms with E-state index in [0.717, 1.165) is 27.7 Å². The zero-order valence-corrected chi connectivity index (χ0v) is 11.9. The highest BCUT2D eigenvalue weighted by atomic mass is 16.1. The van der Waals surface area contributed by atoms with Crippen LogP contribution in [-0.4, -0.2) is 10.3 Å². The van der Waals surface area contributed by atoms with E-state index in [0.29, 0.717) is 5.56 Å². The molecule has 106 valence electrons. The van der Waals surface area contributed by atoms with Crippen molar-refractivity contribution >= 4 is 22.3 Å². The summed E-state index contributed by atoms with van der Waals surface area (Å²) >= 11 is 0. The number of nitrogens with zero attached hydrogens (tertiary/aromatic N) is 1. The van der Waals surface area contributed by atoms with Gasteiger partial charge in [-0.2, -0.15) is 0 Å². The smallest absolute Gasteiger partial charge is 0.250 e. The standard InChI is InChI=1S/C19H14N2O/c20-19(22)15-12-14-8-4-5-9-16(14)21-17(10-11-18(15)21)13-6-2-1-3-7-13/h1-12H,(H2,20,22).